The number of aromatic nitrogens is 1. The summed E-state index contributed by atoms with van der Waals surface area (Å²) in [4.78, 5) is 29.0. The SMILES string of the molecule is CCN(C(=O)COC)c1ccc(C(=O)O)c(-c2cc(C(F)F)ncc2OC)c1. The standard InChI is InChI=1S/C19H20F2N2O5/c1-4-23(17(24)10-27-2)11-5-6-12(19(25)26)13(7-11)14-8-15(18(20)21)22-9-16(14)28-3/h5-9,18H,4,10H2,1-3H3,(H,25,26). The summed E-state index contributed by atoms with van der Waals surface area (Å²) in [6, 6.07) is 5.33. The van der Waals surface area contributed by atoms with Crippen LogP contribution in [0.25, 0.3) is 11.1 Å². The highest BCUT2D eigenvalue weighted by Gasteiger charge is 2.22. The topological polar surface area (TPSA) is 89.0 Å². The number of hydrogen-bond donors (Lipinski definition) is 1. The summed E-state index contributed by atoms with van der Waals surface area (Å²) in [5.74, 6) is -1.44. The van der Waals surface area contributed by atoms with Gasteiger partial charge in [0, 0.05) is 30.5 Å². The zero-order valence-corrected chi connectivity index (χ0v) is 15.6. The van der Waals surface area contributed by atoms with E-state index in [0.29, 0.717) is 12.2 Å². The van der Waals surface area contributed by atoms with Gasteiger partial charge in [-0.15, -0.1) is 0 Å². The minimum atomic E-state index is -2.84. The molecule has 1 aromatic carbocycles. The van der Waals surface area contributed by atoms with Crippen LogP contribution in [0.3, 0.4) is 0 Å². The van der Waals surface area contributed by atoms with Gasteiger partial charge in [-0.25, -0.2) is 13.6 Å². The summed E-state index contributed by atoms with van der Waals surface area (Å²) >= 11 is 0. The highest BCUT2D eigenvalue weighted by Crippen LogP contribution is 2.36. The third-order valence-electron chi connectivity index (χ3n) is 4.05. The van der Waals surface area contributed by atoms with Crippen LogP contribution >= 0.6 is 0 Å². The van der Waals surface area contributed by atoms with Crippen LogP contribution in [0.1, 0.15) is 29.4 Å². The van der Waals surface area contributed by atoms with Crippen molar-refractivity contribution in [1.82, 2.24) is 4.98 Å². The summed E-state index contributed by atoms with van der Waals surface area (Å²) in [5, 5.41) is 9.54. The average molecular weight is 394 g/mol. The smallest absolute Gasteiger partial charge is 0.336 e. The van der Waals surface area contributed by atoms with Gasteiger partial charge in [-0.1, -0.05) is 0 Å². The van der Waals surface area contributed by atoms with Gasteiger partial charge in [0.25, 0.3) is 12.3 Å². The van der Waals surface area contributed by atoms with E-state index in [4.69, 9.17) is 9.47 Å². The van der Waals surface area contributed by atoms with Crippen molar-refractivity contribution in [3.05, 3.63) is 41.7 Å². The molecule has 9 heteroatoms. The Kier molecular flexibility index (Phi) is 7.00. The lowest BCUT2D eigenvalue weighted by atomic mass is 9.97. The molecule has 0 fully saturated rings. The van der Waals surface area contributed by atoms with E-state index >= 15 is 0 Å². The Labute approximate surface area is 160 Å². The summed E-state index contributed by atoms with van der Waals surface area (Å²) < 4.78 is 36.3. The molecule has 0 bridgehead atoms. The van der Waals surface area contributed by atoms with Crippen LogP contribution in [0.4, 0.5) is 14.5 Å². The number of alkyl halides is 2. The minimum absolute atomic E-state index is 0.122. The quantitative estimate of drug-likeness (QED) is 0.738. The van der Waals surface area contributed by atoms with Gasteiger partial charge in [-0.2, -0.15) is 0 Å². The summed E-state index contributed by atoms with van der Waals surface area (Å²) in [5.41, 5.74) is 0.0446. The molecule has 0 aliphatic rings. The van der Waals surface area contributed by atoms with Crippen molar-refractivity contribution in [3.63, 3.8) is 0 Å². The monoisotopic (exact) mass is 394 g/mol. The molecular formula is C19H20F2N2O5. The number of nitrogens with zero attached hydrogens (tertiary/aromatic N) is 2. The van der Waals surface area contributed by atoms with Crippen molar-refractivity contribution in [3.8, 4) is 16.9 Å². The van der Waals surface area contributed by atoms with Crippen LogP contribution in [-0.4, -0.2) is 49.3 Å². The number of benzene rings is 1. The Bertz CT molecular complexity index is 873. The molecule has 0 saturated heterocycles. The number of likely N-dealkylation sites (N-methyl/N-ethyl adjacent to an activating group) is 1. The Hall–Kier alpha value is -3.07. The number of carbonyl (C=O) groups excluding carboxylic acids is 1. The predicted molar refractivity (Wildman–Crippen MR) is 98.0 cm³/mol. The van der Waals surface area contributed by atoms with E-state index in [9.17, 15) is 23.5 Å². The molecule has 0 aliphatic heterocycles. The van der Waals surface area contributed by atoms with E-state index in [1.54, 1.807) is 6.92 Å². The second-order valence-electron chi connectivity index (χ2n) is 5.72. The third kappa shape index (κ3) is 4.42. The molecule has 1 amide bonds. The zero-order chi connectivity index (χ0) is 20.8. The fourth-order valence-electron chi connectivity index (χ4n) is 2.77. The first kappa shape index (κ1) is 21.2. The van der Waals surface area contributed by atoms with Gasteiger partial charge in [0.1, 0.15) is 18.1 Å². The second-order valence-corrected chi connectivity index (χ2v) is 5.72. The normalized spacial score (nSPS) is 10.8. The lowest BCUT2D eigenvalue weighted by molar-refractivity contribution is -0.122. The second kappa shape index (κ2) is 9.23. The maximum absolute atomic E-state index is 13.1. The largest absolute Gasteiger partial charge is 0.494 e. The molecule has 1 aromatic heterocycles. The van der Waals surface area contributed by atoms with Crippen LogP contribution in [0, 0.1) is 0 Å². The molecule has 150 valence electrons. The molecule has 0 atom stereocenters. The first-order valence-electron chi connectivity index (χ1n) is 8.33. The van der Waals surface area contributed by atoms with Crippen LogP contribution in [0.2, 0.25) is 0 Å². The van der Waals surface area contributed by atoms with E-state index in [1.165, 1.54) is 37.3 Å². The van der Waals surface area contributed by atoms with Crippen molar-refractivity contribution in [2.24, 2.45) is 0 Å². The molecule has 0 spiro atoms. The summed E-state index contributed by atoms with van der Waals surface area (Å²) in [6.45, 7) is 1.90. The van der Waals surface area contributed by atoms with Crippen molar-refractivity contribution in [2.75, 3.05) is 32.3 Å². The zero-order valence-electron chi connectivity index (χ0n) is 15.6. The van der Waals surface area contributed by atoms with Gasteiger partial charge in [0.05, 0.1) is 18.9 Å². The number of amides is 1. The lowest BCUT2D eigenvalue weighted by Gasteiger charge is -2.22. The van der Waals surface area contributed by atoms with Gasteiger partial charge in [0.2, 0.25) is 0 Å². The fraction of sp³-hybridized carbons (Fsp3) is 0.316. The lowest BCUT2D eigenvalue weighted by Crippen LogP contribution is -2.33. The Morgan fingerprint density at radius 3 is 2.46 bits per heavy atom. The first-order chi connectivity index (χ1) is 13.3. The van der Waals surface area contributed by atoms with E-state index in [1.807, 2.05) is 0 Å². The molecule has 0 aliphatic carbocycles. The maximum atomic E-state index is 13.1. The molecule has 28 heavy (non-hydrogen) atoms. The number of aromatic carboxylic acids is 1. The van der Waals surface area contributed by atoms with E-state index in [0.717, 1.165) is 12.3 Å². The Balaban J connectivity index is 2.70. The van der Waals surface area contributed by atoms with Gasteiger partial charge in [-0.05, 0) is 31.2 Å². The van der Waals surface area contributed by atoms with Crippen molar-refractivity contribution < 1.29 is 33.0 Å². The number of carbonyl (C=O) groups is 2. The van der Waals surface area contributed by atoms with Crippen LogP contribution < -0.4 is 9.64 Å². The van der Waals surface area contributed by atoms with Crippen LogP contribution in [-0.2, 0) is 9.53 Å². The third-order valence-corrected chi connectivity index (χ3v) is 4.05. The molecule has 0 saturated carbocycles. The molecule has 1 N–H and O–H groups in total. The van der Waals surface area contributed by atoms with Gasteiger partial charge in [-0.3, -0.25) is 9.78 Å². The van der Waals surface area contributed by atoms with Gasteiger partial charge in [0.15, 0.2) is 0 Å². The van der Waals surface area contributed by atoms with Crippen LogP contribution in [0.15, 0.2) is 30.5 Å². The number of hydrogen-bond acceptors (Lipinski definition) is 5. The molecule has 1 heterocycles. The maximum Gasteiger partial charge on any atom is 0.336 e. The minimum Gasteiger partial charge on any atom is -0.494 e. The molecule has 7 nitrogen and oxygen atoms in total. The number of pyridine rings is 1. The average Bonchev–Trinajstić information content (AvgIpc) is 2.67. The van der Waals surface area contributed by atoms with E-state index in [2.05, 4.69) is 4.98 Å². The highest BCUT2D eigenvalue weighted by atomic mass is 19.3. The summed E-state index contributed by atoms with van der Waals surface area (Å²) in [7, 11) is 2.71. The van der Waals surface area contributed by atoms with Gasteiger partial charge < -0.3 is 19.5 Å². The van der Waals surface area contributed by atoms with Crippen molar-refractivity contribution in [1.29, 1.82) is 0 Å². The number of ether oxygens (including phenoxy) is 2. The predicted octanol–water partition coefficient (Wildman–Crippen LogP) is 3.39. The Morgan fingerprint density at radius 2 is 1.93 bits per heavy atom. The molecule has 0 radical (unpaired) electrons. The highest BCUT2D eigenvalue weighted by molar-refractivity contribution is 6.00. The molecule has 2 aromatic rings. The number of methoxy groups -OCH3 is 2. The Morgan fingerprint density at radius 1 is 1.21 bits per heavy atom. The molecular weight excluding hydrogens is 374 g/mol. The number of carboxylic acids is 1. The van der Waals surface area contributed by atoms with Crippen molar-refractivity contribution >= 4 is 17.6 Å². The van der Waals surface area contributed by atoms with Gasteiger partial charge >= 0.3 is 5.97 Å². The number of anilines is 1. The van der Waals surface area contributed by atoms with Crippen molar-refractivity contribution in [2.45, 2.75) is 13.3 Å². The fourth-order valence-corrected chi connectivity index (χ4v) is 2.77. The van der Waals surface area contributed by atoms with E-state index in [-0.39, 0.29) is 35.0 Å². The molecule has 0 unspecified atom stereocenters. The number of halogens is 2. The van der Waals surface area contributed by atoms with Crippen LogP contribution in [0.5, 0.6) is 5.75 Å². The summed E-state index contributed by atoms with van der Waals surface area (Å²) in [6.07, 6.45) is -1.72. The first-order valence-corrected chi connectivity index (χ1v) is 8.33. The number of rotatable bonds is 8. The number of carboxylic acid groups (broad SMARTS) is 1. The van der Waals surface area contributed by atoms with E-state index < -0.39 is 18.1 Å². The molecule has 2 rings (SSSR count).